The SMILES string of the molecule is CC(=O)O.CC(=O)O.CC(=O)O.CC(=O)O.CC(=O)O.NCCNCCN.[Cu]. The van der Waals surface area contributed by atoms with Crippen LogP contribution in [0, 0.1) is 0 Å². The number of aliphatic carboxylic acids is 5. The van der Waals surface area contributed by atoms with Gasteiger partial charge >= 0.3 is 0 Å². The Labute approximate surface area is 174 Å². The number of nitrogens with two attached hydrogens (primary N) is 2. The molecule has 0 amide bonds. The third-order valence-corrected chi connectivity index (χ3v) is 0.642. The number of hydrogen-bond acceptors (Lipinski definition) is 8. The maximum Gasteiger partial charge on any atom is 0.300 e. The molecule has 0 aromatic heterocycles. The Morgan fingerprint density at radius 3 is 0.750 bits per heavy atom. The fraction of sp³-hybridized carbons (Fsp3) is 0.643. The van der Waals surface area contributed by atoms with Gasteiger partial charge in [0.2, 0.25) is 0 Å². The smallest absolute Gasteiger partial charge is 0.300 e. The van der Waals surface area contributed by atoms with Gasteiger partial charge in [-0.3, -0.25) is 24.0 Å². The van der Waals surface area contributed by atoms with Gasteiger partial charge in [-0.2, -0.15) is 0 Å². The first-order valence-corrected chi connectivity index (χ1v) is 7.16. The van der Waals surface area contributed by atoms with E-state index in [9.17, 15) is 0 Å². The van der Waals surface area contributed by atoms with Crippen LogP contribution < -0.4 is 16.8 Å². The Morgan fingerprint density at radius 1 is 0.571 bits per heavy atom. The summed E-state index contributed by atoms with van der Waals surface area (Å²) in [6.45, 7) is 8.55. The van der Waals surface area contributed by atoms with Gasteiger partial charge in [0.15, 0.2) is 0 Å². The zero-order valence-corrected chi connectivity index (χ0v) is 17.5. The van der Waals surface area contributed by atoms with Crippen LogP contribution in [-0.4, -0.2) is 81.6 Å². The molecule has 0 atom stereocenters. The first kappa shape index (κ1) is 44.9. The molecule has 1 radical (unpaired) electrons. The molecule has 0 aromatic carbocycles. The summed E-state index contributed by atoms with van der Waals surface area (Å²) >= 11 is 0. The van der Waals surface area contributed by atoms with E-state index in [2.05, 4.69) is 5.32 Å². The van der Waals surface area contributed by atoms with Crippen LogP contribution in [0.2, 0.25) is 0 Å². The number of carbonyl (C=O) groups is 5. The van der Waals surface area contributed by atoms with E-state index in [0.717, 1.165) is 47.7 Å². The van der Waals surface area contributed by atoms with Crippen LogP contribution in [0.1, 0.15) is 34.6 Å². The van der Waals surface area contributed by atoms with Crippen molar-refractivity contribution < 1.29 is 66.6 Å². The molecule has 28 heavy (non-hydrogen) atoms. The molecule has 0 fully saturated rings. The maximum absolute atomic E-state index is 9.00. The Hall–Kier alpha value is -2.25. The molecule has 0 aromatic rings. The van der Waals surface area contributed by atoms with Gasteiger partial charge in [-0.05, 0) is 0 Å². The van der Waals surface area contributed by atoms with Gasteiger partial charge in [0, 0.05) is 77.9 Å². The average Bonchev–Trinajstić information content (AvgIpc) is 2.35. The van der Waals surface area contributed by atoms with Crippen molar-refractivity contribution in [1.29, 1.82) is 0 Å². The Bertz CT molecular complexity index is 289. The first-order valence-electron chi connectivity index (χ1n) is 7.16. The van der Waals surface area contributed by atoms with Crippen molar-refractivity contribution in [3.8, 4) is 0 Å². The molecule has 0 aliphatic rings. The number of hydrogen-bond donors (Lipinski definition) is 8. The van der Waals surface area contributed by atoms with Gasteiger partial charge in [0.05, 0.1) is 0 Å². The van der Waals surface area contributed by atoms with Gasteiger partial charge in [-0.1, -0.05) is 0 Å². The van der Waals surface area contributed by atoms with Crippen molar-refractivity contribution in [2.75, 3.05) is 26.2 Å². The second-order valence-corrected chi connectivity index (χ2v) is 3.92. The van der Waals surface area contributed by atoms with Crippen LogP contribution in [0.15, 0.2) is 0 Å². The molecule has 0 heterocycles. The van der Waals surface area contributed by atoms with E-state index in [-0.39, 0.29) is 17.1 Å². The standard InChI is InChI=1S/C4H13N3.5C2H4O2.Cu/c5-1-3-7-4-2-6;5*1-2(3)4;/h7H,1-6H2;5*1H3,(H,3,4);. The molecule has 0 aliphatic heterocycles. The minimum absolute atomic E-state index is 0. The zero-order chi connectivity index (χ0) is 23.4. The van der Waals surface area contributed by atoms with Gasteiger partial charge in [0.1, 0.15) is 0 Å². The summed E-state index contributed by atoms with van der Waals surface area (Å²) in [5.74, 6) is -4.17. The van der Waals surface area contributed by atoms with E-state index in [1.807, 2.05) is 0 Å². The number of nitrogens with one attached hydrogen (secondary N) is 1. The van der Waals surface area contributed by atoms with Gasteiger partial charge in [-0.25, -0.2) is 0 Å². The largest absolute Gasteiger partial charge is 0.481 e. The predicted molar refractivity (Wildman–Crippen MR) is 97.5 cm³/mol. The molecule has 175 valence electrons. The topological polar surface area (TPSA) is 251 Å². The van der Waals surface area contributed by atoms with Crippen molar-refractivity contribution in [1.82, 2.24) is 5.32 Å². The van der Waals surface area contributed by atoms with E-state index in [4.69, 9.17) is 61.0 Å². The Kier molecular flexibility index (Phi) is 71.0. The molecular weight excluding hydrogens is 434 g/mol. The van der Waals surface area contributed by atoms with Crippen molar-refractivity contribution >= 4 is 29.8 Å². The average molecular weight is 467 g/mol. The van der Waals surface area contributed by atoms with E-state index < -0.39 is 29.8 Å². The van der Waals surface area contributed by atoms with Crippen molar-refractivity contribution in [2.45, 2.75) is 34.6 Å². The fourth-order valence-electron chi connectivity index (χ4n) is 0.329. The van der Waals surface area contributed by atoms with Gasteiger partial charge in [0.25, 0.3) is 29.8 Å². The van der Waals surface area contributed by atoms with Crippen LogP contribution in [-0.2, 0) is 41.0 Å². The fourth-order valence-corrected chi connectivity index (χ4v) is 0.329. The van der Waals surface area contributed by atoms with E-state index >= 15 is 0 Å². The summed E-state index contributed by atoms with van der Waals surface area (Å²) in [5.41, 5.74) is 10.3. The second kappa shape index (κ2) is 44.3. The summed E-state index contributed by atoms with van der Waals surface area (Å²) in [7, 11) is 0. The quantitative estimate of drug-likeness (QED) is 0.182. The van der Waals surface area contributed by atoms with Crippen molar-refractivity contribution in [3.63, 3.8) is 0 Å². The summed E-state index contributed by atoms with van der Waals surface area (Å²) < 4.78 is 0. The monoisotopic (exact) mass is 466 g/mol. The van der Waals surface area contributed by atoms with Crippen molar-refractivity contribution in [2.24, 2.45) is 11.5 Å². The number of carboxylic acid groups (broad SMARTS) is 5. The minimum atomic E-state index is -0.833. The van der Waals surface area contributed by atoms with Crippen LogP contribution in [0.5, 0.6) is 0 Å². The Balaban J connectivity index is -0.0000000382. The normalized spacial score (nSPS) is 6.82. The molecule has 0 saturated heterocycles. The molecule has 13 nitrogen and oxygen atoms in total. The summed E-state index contributed by atoms with van der Waals surface area (Å²) in [5, 5.41) is 40.1. The van der Waals surface area contributed by atoms with Crippen LogP contribution in [0.4, 0.5) is 0 Å². The molecule has 0 rings (SSSR count). The predicted octanol–water partition coefficient (Wildman–Crippen LogP) is -1.05. The van der Waals surface area contributed by atoms with E-state index in [1.54, 1.807) is 0 Å². The summed E-state index contributed by atoms with van der Waals surface area (Å²) in [6.07, 6.45) is 0. The molecule has 0 bridgehead atoms. The molecule has 10 N–H and O–H groups in total. The maximum atomic E-state index is 9.00. The molecule has 0 saturated carbocycles. The molecule has 0 spiro atoms. The third kappa shape index (κ3) is 4020. The summed E-state index contributed by atoms with van der Waals surface area (Å²) in [6, 6.07) is 0. The Morgan fingerprint density at radius 2 is 0.679 bits per heavy atom. The summed E-state index contributed by atoms with van der Waals surface area (Å²) in [4.78, 5) is 45.0. The minimum Gasteiger partial charge on any atom is -0.481 e. The van der Waals surface area contributed by atoms with Crippen LogP contribution in [0.25, 0.3) is 0 Å². The number of carboxylic acids is 5. The van der Waals surface area contributed by atoms with Crippen molar-refractivity contribution in [3.05, 3.63) is 0 Å². The van der Waals surface area contributed by atoms with Crippen LogP contribution >= 0.6 is 0 Å². The van der Waals surface area contributed by atoms with Gasteiger partial charge in [-0.15, -0.1) is 0 Å². The second-order valence-electron chi connectivity index (χ2n) is 3.92. The third-order valence-electron chi connectivity index (χ3n) is 0.642. The van der Waals surface area contributed by atoms with E-state index in [1.165, 1.54) is 0 Å². The molecule has 14 heteroatoms. The first-order chi connectivity index (χ1) is 12.1. The van der Waals surface area contributed by atoms with Gasteiger partial charge < -0.3 is 42.3 Å². The molecule has 0 aliphatic carbocycles. The molecule has 0 unspecified atom stereocenters. The zero-order valence-electron chi connectivity index (χ0n) is 16.6. The van der Waals surface area contributed by atoms with E-state index in [0.29, 0.717) is 13.1 Å². The number of rotatable bonds is 4. The molecular formula is C14H33CuN3O10. The van der Waals surface area contributed by atoms with Crippen LogP contribution in [0.3, 0.4) is 0 Å².